The number of carbonyl (C=O) groups excluding carboxylic acids is 1. The minimum absolute atomic E-state index is 0.175. The van der Waals surface area contributed by atoms with Crippen molar-refractivity contribution < 1.29 is 58.4 Å². The second-order valence-electron chi connectivity index (χ2n) is 17.4. The van der Waals surface area contributed by atoms with Crippen LogP contribution in [0.3, 0.4) is 0 Å². The molecule has 0 amide bonds. The van der Waals surface area contributed by atoms with Gasteiger partial charge in [0.1, 0.15) is 41.4 Å². The van der Waals surface area contributed by atoms with E-state index in [2.05, 4.69) is 12.2 Å². The van der Waals surface area contributed by atoms with Crippen LogP contribution in [0.15, 0.2) is 11.3 Å². The Balaban J connectivity index is 1.77. The van der Waals surface area contributed by atoms with Crippen LogP contribution in [0.5, 0.6) is 0 Å². The van der Waals surface area contributed by atoms with Gasteiger partial charge in [-0.15, -0.1) is 0 Å². The number of rotatable bonds is 14. The normalized spacial score (nSPS) is 43.9. The third-order valence-electron chi connectivity index (χ3n) is 12.7. The number of carbonyl (C=O) groups is 1. The number of fused-ring (bicyclic) bond motifs is 2. The maximum Gasteiger partial charge on any atom is 0.311 e. The molecule has 13 heteroatoms. The number of ether oxygens (including phenoxy) is 7. The Hall–Kier alpha value is -1.39. The lowest BCUT2D eigenvalue weighted by Crippen LogP contribution is -2.60. The molecular formula is C41H73NO12. The first-order valence-corrected chi connectivity index (χ1v) is 20.5. The van der Waals surface area contributed by atoms with Gasteiger partial charge in [0, 0.05) is 31.9 Å². The zero-order chi connectivity index (χ0) is 40.3. The third kappa shape index (κ3) is 9.65. The number of cyclic esters (lactones) is 1. The summed E-state index contributed by atoms with van der Waals surface area (Å²) in [7, 11) is 1.53. The molecule has 5 unspecified atom stereocenters. The zero-order valence-corrected chi connectivity index (χ0v) is 35.0. The number of hydrogen-bond donors (Lipinski definition) is 5. The second kappa shape index (κ2) is 18.5. The molecule has 0 aromatic rings. The summed E-state index contributed by atoms with van der Waals surface area (Å²) >= 11 is 0. The van der Waals surface area contributed by atoms with Gasteiger partial charge >= 0.3 is 5.97 Å². The molecule has 4 rings (SSSR count). The maximum absolute atomic E-state index is 14.4. The fourth-order valence-corrected chi connectivity index (χ4v) is 9.28. The largest absolute Gasteiger partial charge is 0.488 e. The highest BCUT2D eigenvalue weighted by atomic mass is 16.7. The molecule has 0 aromatic heterocycles. The van der Waals surface area contributed by atoms with Crippen molar-refractivity contribution in [2.75, 3.05) is 13.7 Å². The quantitative estimate of drug-likeness (QED) is 0.124. The Morgan fingerprint density at radius 1 is 1.02 bits per heavy atom. The molecule has 4 aliphatic rings. The van der Waals surface area contributed by atoms with Crippen LogP contribution < -0.4 is 5.32 Å². The summed E-state index contributed by atoms with van der Waals surface area (Å²) in [6.07, 6.45) is -2.84. The maximum atomic E-state index is 14.4. The van der Waals surface area contributed by atoms with Gasteiger partial charge in [-0.05, 0) is 79.8 Å². The van der Waals surface area contributed by atoms with E-state index in [1.54, 1.807) is 27.7 Å². The van der Waals surface area contributed by atoms with E-state index >= 15 is 0 Å². The number of esters is 1. The SMILES string of the molecule is CCCCCCNC1CC(C)O[C@@H](O[C@@H]2[C@@H](C)[C@H](O[C@H]3CC(C)(OC)[C@@H](O)C(C)O3)[C@@H](C)C(=O)O[C@@H]([C@](C)(O)[C@@H](O)CC)[C@@H](C)C3=C(C)C[C@@]2(C)O3)C1O. The molecule has 5 N–H and O–H groups in total. The average molecular weight is 772 g/mol. The molecule has 0 radical (unpaired) electrons. The first-order chi connectivity index (χ1) is 25.2. The number of hydrogen-bond acceptors (Lipinski definition) is 13. The van der Waals surface area contributed by atoms with Crippen LogP contribution in [0.4, 0.5) is 0 Å². The minimum Gasteiger partial charge on any atom is -0.488 e. The van der Waals surface area contributed by atoms with E-state index in [1.807, 2.05) is 34.6 Å². The van der Waals surface area contributed by atoms with Crippen molar-refractivity contribution in [3.63, 3.8) is 0 Å². The lowest BCUT2D eigenvalue weighted by Gasteiger charge is -2.48. The highest BCUT2D eigenvalue weighted by molar-refractivity contribution is 5.73. The Bertz CT molecular complexity index is 1260. The smallest absolute Gasteiger partial charge is 0.311 e. The molecular weight excluding hydrogens is 698 g/mol. The van der Waals surface area contributed by atoms with Crippen LogP contribution in [0, 0.1) is 17.8 Å². The van der Waals surface area contributed by atoms with Crippen LogP contribution in [0.25, 0.3) is 0 Å². The highest BCUT2D eigenvalue weighted by Gasteiger charge is 2.57. The van der Waals surface area contributed by atoms with Gasteiger partial charge in [-0.1, -0.05) is 47.0 Å². The molecule has 17 atom stereocenters. The van der Waals surface area contributed by atoms with Crippen molar-refractivity contribution in [3.8, 4) is 0 Å². The number of aliphatic hydroxyl groups is 4. The van der Waals surface area contributed by atoms with Crippen molar-refractivity contribution in [3.05, 3.63) is 11.3 Å². The molecule has 314 valence electrons. The Kier molecular flexibility index (Phi) is 15.5. The lowest BCUT2D eigenvalue weighted by molar-refractivity contribution is -0.314. The average Bonchev–Trinajstić information content (AvgIpc) is 3.44. The summed E-state index contributed by atoms with van der Waals surface area (Å²) in [6.45, 7) is 21.1. The van der Waals surface area contributed by atoms with E-state index in [0.717, 1.165) is 37.8 Å². The van der Waals surface area contributed by atoms with Gasteiger partial charge in [0.25, 0.3) is 0 Å². The van der Waals surface area contributed by atoms with E-state index in [1.165, 1.54) is 14.0 Å². The molecule has 54 heavy (non-hydrogen) atoms. The summed E-state index contributed by atoms with van der Waals surface area (Å²) in [6, 6.07) is -0.254. The van der Waals surface area contributed by atoms with Gasteiger partial charge in [0.15, 0.2) is 12.6 Å². The molecule has 0 spiro atoms. The van der Waals surface area contributed by atoms with E-state index in [4.69, 9.17) is 33.2 Å². The van der Waals surface area contributed by atoms with E-state index in [0.29, 0.717) is 18.6 Å². The fraction of sp³-hybridized carbons (Fsp3) is 0.927. The van der Waals surface area contributed by atoms with Crippen molar-refractivity contribution in [2.45, 2.75) is 212 Å². The van der Waals surface area contributed by atoms with Gasteiger partial charge < -0.3 is 58.9 Å². The predicted octanol–water partition coefficient (Wildman–Crippen LogP) is 4.50. The van der Waals surface area contributed by atoms with Gasteiger partial charge in [-0.25, -0.2) is 0 Å². The van der Waals surface area contributed by atoms with Crippen LogP contribution in [0.1, 0.15) is 128 Å². The number of nitrogens with one attached hydrogen (secondary N) is 1. The first kappa shape index (κ1) is 45.3. The molecule has 0 aromatic carbocycles. The summed E-state index contributed by atoms with van der Waals surface area (Å²) in [4.78, 5) is 14.4. The van der Waals surface area contributed by atoms with Crippen molar-refractivity contribution in [2.24, 2.45) is 17.8 Å². The number of methoxy groups -OCH3 is 1. The second-order valence-corrected chi connectivity index (χ2v) is 17.4. The fourth-order valence-electron chi connectivity index (χ4n) is 9.28. The van der Waals surface area contributed by atoms with Gasteiger partial charge in [0.2, 0.25) is 0 Å². The molecule has 13 nitrogen and oxygen atoms in total. The van der Waals surface area contributed by atoms with Crippen molar-refractivity contribution in [1.29, 1.82) is 0 Å². The first-order valence-electron chi connectivity index (χ1n) is 20.5. The summed E-state index contributed by atoms with van der Waals surface area (Å²) in [5.41, 5.74) is -2.96. The van der Waals surface area contributed by atoms with Crippen LogP contribution in [-0.2, 0) is 38.0 Å². The van der Waals surface area contributed by atoms with E-state index in [9.17, 15) is 25.2 Å². The Labute approximate surface area is 323 Å². The molecule has 3 saturated heterocycles. The van der Waals surface area contributed by atoms with Gasteiger partial charge in [0.05, 0.1) is 41.9 Å². The molecule has 2 bridgehead atoms. The summed E-state index contributed by atoms with van der Waals surface area (Å²) < 4.78 is 45.2. The minimum atomic E-state index is -1.82. The monoisotopic (exact) mass is 772 g/mol. The predicted molar refractivity (Wildman–Crippen MR) is 202 cm³/mol. The summed E-state index contributed by atoms with van der Waals surface area (Å²) in [5.74, 6) is -2.26. The van der Waals surface area contributed by atoms with Crippen LogP contribution >= 0.6 is 0 Å². The van der Waals surface area contributed by atoms with Crippen molar-refractivity contribution in [1.82, 2.24) is 5.32 Å². The molecule has 0 aliphatic carbocycles. The van der Waals surface area contributed by atoms with E-state index in [-0.39, 0.29) is 25.0 Å². The lowest BCUT2D eigenvalue weighted by atomic mass is 9.78. The van der Waals surface area contributed by atoms with Crippen molar-refractivity contribution >= 4 is 5.97 Å². The number of aliphatic hydroxyl groups excluding tert-OH is 3. The Morgan fingerprint density at radius 3 is 2.33 bits per heavy atom. The third-order valence-corrected chi connectivity index (χ3v) is 12.7. The van der Waals surface area contributed by atoms with Crippen LogP contribution in [-0.4, -0.2) is 124 Å². The molecule has 4 heterocycles. The topological polar surface area (TPSA) is 175 Å². The standard InChI is InChI=1S/C41H73NO12/c1-13-15-16-17-18-42-28-19-23(4)49-38(31(28)44)53-35-25(6)33(51-30-21-39(9,48-12)34(45)27(8)50-30)26(7)37(46)52-36(41(11,47)29(43)14-2)24(5)32-22(3)20-40(35,10)54-32/h23-31,33-36,38,42-45,47H,13-21H2,1-12H3/t23?,24-,25-,26+,27?,28?,29-,30-,31?,33-,34-,35+,36+,38-,39?,40+,41+/m0/s1. The molecule has 4 aliphatic heterocycles. The molecule has 0 saturated carbocycles. The Morgan fingerprint density at radius 2 is 1.70 bits per heavy atom. The molecule has 3 fully saturated rings. The van der Waals surface area contributed by atoms with Gasteiger partial charge in [-0.3, -0.25) is 4.79 Å². The zero-order valence-electron chi connectivity index (χ0n) is 35.0. The van der Waals surface area contributed by atoms with Gasteiger partial charge in [-0.2, -0.15) is 0 Å². The number of unbranched alkanes of at least 4 members (excludes halogenated alkanes) is 3. The highest BCUT2D eigenvalue weighted by Crippen LogP contribution is 2.48. The van der Waals surface area contributed by atoms with Crippen LogP contribution in [0.2, 0.25) is 0 Å². The summed E-state index contributed by atoms with van der Waals surface area (Å²) in [5, 5.41) is 49.1. The van der Waals surface area contributed by atoms with E-state index < -0.39 is 95.8 Å².